The van der Waals surface area contributed by atoms with Gasteiger partial charge in [-0.3, -0.25) is 9.59 Å². The van der Waals surface area contributed by atoms with Crippen molar-refractivity contribution in [2.24, 2.45) is 0 Å². The molecule has 106 valence electrons. The Kier molecular flexibility index (Phi) is 3.70. The summed E-state index contributed by atoms with van der Waals surface area (Å²) < 4.78 is 0.684. The van der Waals surface area contributed by atoms with E-state index in [1.54, 1.807) is 18.2 Å². The summed E-state index contributed by atoms with van der Waals surface area (Å²) in [6.45, 7) is 0. The molecule has 0 saturated heterocycles. The van der Waals surface area contributed by atoms with Gasteiger partial charge in [-0.2, -0.15) is 0 Å². The fraction of sp³-hybridized carbons (Fsp3) is 0.133. The molecule has 0 aliphatic carbocycles. The molecule has 6 heteroatoms. The topological polar surface area (TPSA) is 71.1 Å². The number of anilines is 2. The van der Waals surface area contributed by atoms with Gasteiger partial charge in [0.15, 0.2) is 0 Å². The van der Waals surface area contributed by atoms with Crippen molar-refractivity contribution < 1.29 is 9.59 Å². The van der Waals surface area contributed by atoms with Crippen LogP contribution in [0.3, 0.4) is 0 Å². The minimum absolute atomic E-state index is 0.0280. The van der Waals surface area contributed by atoms with Gasteiger partial charge in [-0.05, 0) is 58.2 Å². The second kappa shape index (κ2) is 5.65. The van der Waals surface area contributed by atoms with Gasteiger partial charge in [0.25, 0.3) is 5.91 Å². The lowest BCUT2D eigenvalue weighted by atomic mass is 10.0. The number of aromatic nitrogens is 1. The molecule has 0 saturated carbocycles. The maximum absolute atomic E-state index is 12.1. The zero-order chi connectivity index (χ0) is 14.8. The third-order valence-corrected chi connectivity index (χ3v) is 3.72. The van der Waals surface area contributed by atoms with E-state index in [2.05, 4.69) is 31.5 Å². The van der Waals surface area contributed by atoms with E-state index >= 15 is 0 Å². The van der Waals surface area contributed by atoms with Gasteiger partial charge >= 0.3 is 0 Å². The zero-order valence-electron chi connectivity index (χ0n) is 11.0. The number of hydrogen-bond acceptors (Lipinski definition) is 3. The molecule has 1 aromatic heterocycles. The molecule has 2 heterocycles. The van der Waals surface area contributed by atoms with Crippen molar-refractivity contribution in [3.8, 4) is 0 Å². The van der Waals surface area contributed by atoms with Crippen molar-refractivity contribution in [2.45, 2.75) is 12.8 Å². The molecule has 0 radical (unpaired) electrons. The Morgan fingerprint density at radius 1 is 1.24 bits per heavy atom. The van der Waals surface area contributed by atoms with E-state index in [-0.39, 0.29) is 11.8 Å². The van der Waals surface area contributed by atoms with E-state index in [4.69, 9.17) is 0 Å². The fourth-order valence-electron chi connectivity index (χ4n) is 2.17. The van der Waals surface area contributed by atoms with Crippen molar-refractivity contribution in [1.29, 1.82) is 0 Å². The quantitative estimate of drug-likeness (QED) is 0.822. The monoisotopic (exact) mass is 345 g/mol. The molecule has 0 bridgehead atoms. The van der Waals surface area contributed by atoms with Gasteiger partial charge in [-0.15, -0.1) is 0 Å². The molecule has 1 aliphatic heterocycles. The zero-order valence-corrected chi connectivity index (χ0v) is 12.6. The van der Waals surface area contributed by atoms with E-state index in [1.165, 1.54) is 6.20 Å². The van der Waals surface area contributed by atoms with Crippen LogP contribution in [0.5, 0.6) is 0 Å². The average Bonchev–Trinajstić information content (AvgIpc) is 2.48. The number of nitrogens with one attached hydrogen (secondary N) is 2. The van der Waals surface area contributed by atoms with Crippen molar-refractivity contribution in [3.63, 3.8) is 0 Å². The first-order chi connectivity index (χ1) is 10.1. The van der Waals surface area contributed by atoms with Crippen LogP contribution in [-0.2, 0) is 11.2 Å². The lowest BCUT2D eigenvalue weighted by Crippen LogP contribution is -2.19. The summed E-state index contributed by atoms with van der Waals surface area (Å²) in [6, 6.07) is 8.89. The highest BCUT2D eigenvalue weighted by Gasteiger charge is 2.15. The molecule has 0 atom stereocenters. The number of rotatable bonds is 2. The van der Waals surface area contributed by atoms with Crippen molar-refractivity contribution >= 4 is 39.1 Å². The van der Waals surface area contributed by atoms with Gasteiger partial charge < -0.3 is 10.6 Å². The van der Waals surface area contributed by atoms with E-state index < -0.39 is 0 Å². The molecule has 2 aromatic rings. The predicted octanol–water partition coefficient (Wildman–Crippen LogP) is 2.98. The molecule has 5 nitrogen and oxygen atoms in total. The fourth-order valence-corrected chi connectivity index (χ4v) is 2.41. The number of halogens is 1. The first-order valence-corrected chi connectivity index (χ1v) is 7.27. The van der Waals surface area contributed by atoms with Crippen molar-refractivity contribution in [2.75, 3.05) is 10.6 Å². The number of pyridine rings is 1. The van der Waals surface area contributed by atoms with Gasteiger partial charge in [0, 0.05) is 24.0 Å². The number of fused-ring (bicyclic) bond motifs is 1. The molecule has 2 amide bonds. The normalized spacial score (nSPS) is 13.3. The van der Waals surface area contributed by atoms with Gasteiger partial charge in [-0.25, -0.2) is 4.98 Å². The Hall–Kier alpha value is -2.21. The highest BCUT2D eigenvalue weighted by molar-refractivity contribution is 9.10. The summed E-state index contributed by atoms with van der Waals surface area (Å²) in [4.78, 5) is 27.4. The molecular weight excluding hydrogens is 334 g/mol. The van der Waals surface area contributed by atoms with Crippen LogP contribution in [0, 0.1) is 0 Å². The van der Waals surface area contributed by atoms with Crippen LogP contribution in [0.4, 0.5) is 11.4 Å². The highest BCUT2D eigenvalue weighted by atomic mass is 79.9. The van der Waals surface area contributed by atoms with E-state index in [9.17, 15) is 9.59 Å². The maximum atomic E-state index is 12.1. The second-order valence-corrected chi connectivity index (χ2v) is 5.56. The largest absolute Gasteiger partial charge is 0.326 e. The van der Waals surface area contributed by atoms with E-state index in [1.807, 2.05) is 12.1 Å². The molecule has 21 heavy (non-hydrogen) atoms. The maximum Gasteiger partial charge on any atom is 0.257 e. The number of benzene rings is 1. The summed E-state index contributed by atoms with van der Waals surface area (Å²) in [6.07, 6.45) is 2.67. The van der Waals surface area contributed by atoms with Gasteiger partial charge in [0.05, 0.1) is 5.56 Å². The third kappa shape index (κ3) is 3.11. The molecule has 1 aromatic carbocycles. The van der Waals surface area contributed by atoms with E-state index in [0.717, 1.165) is 11.3 Å². The average molecular weight is 346 g/mol. The number of amides is 2. The smallest absolute Gasteiger partial charge is 0.257 e. The van der Waals surface area contributed by atoms with Crippen LogP contribution in [0.25, 0.3) is 0 Å². The Morgan fingerprint density at radius 3 is 2.86 bits per heavy atom. The summed E-state index contributed by atoms with van der Waals surface area (Å²) in [7, 11) is 0. The van der Waals surface area contributed by atoms with Crippen LogP contribution in [0.15, 0.2) is 41.1 Å². The summed E-state index contributed by atoms with van der Waals surface area (Å²) >= 11 is 3.23. The first kappa shape index (κ1) is 13.8. The lowest BCUT2D eigenvalue weighted by Gasteiger charge is -2.17. The number of carbonyl (C=O) groups excluding carboxylic acids is 2. The Labute approximate surface area is 129 Å². The van der Waals surface area contributed by atoms with Crippen molar-refractivity contribution in [1.82, 2.24) is 4.98 Å². The summed E-state index contributed by atoms with van der Waals surface area (Å²) in [5.74, 6) is -0.185. The van der Waals surface area contributed by atoms with Gasteiger partial charge in [0.2, 0.25) is 5.91 Å². The van der Waals surface area contributed by atoms with Crippen LogP contribution in [-0.4, -0.2) is 16.8 Å². The first-order valence-electron chi connectivity index (χ1n) is 6.47. The lowest BCUT2D eigenvalue weighted by molar-refractivity contribution is -0.116. The van der Waals surface area contributed by atoms with Crippen LogP contribution >= 0.6 is 15.9 Å². The molecule has 3 rings (SSSR count). The van der Waals surface area contributed by atoms with Crippen LogP contribution in [0.2, 0.25) is 0 Å². The Balaban J connectivity index is 1.77. The standard InChI is InChI=1S/C15H12BrN3O2/c16-13-5-1-10(8-17-13)15(21)18-11-3-4-12-9(7-11)2-6-14(20)19-12/h1,3-5,7-8H,2,6H2,(H,18,21)(H,19,20). The third-order valence-electron chi connectivity index (χ3n) is 3.25. The minimum Gasteiger partial charge on any atom is -0.326 e. The molecular formula is C15H12BrN3O2. The Bertz CT molecular complexity index is 713. The number of hydrogen-bond donors (Lipinski definition) is 2. The molecule has 0 spiro atoms. The highest BCUT2D eigenvalue weighted by Crippen LogP contribution is 2.25. The van der Waals surface area contributed by atoms with Crippen LogP contribution < -0.4 is 10.6 Å². The molecule has 1 aliphatic rings. The SMILES string of the molecule is O=C1CCc2cc(NC(=O)c3ccc(Br)nc3)ccc2N1. The molecule has 0 unspecified atom stereocenters. The van der Waals surface area contributed by atoms with Crippen molar-refractivity contribution in [3.05, 3.63) is 52.3 Å². The van der Waals surface area contributed by atoms with Crippen LogP contribution in [0.1, 0.15) is 22.3 Å². The second-order valence-electron chi connectivity index (χ2n) is 4.74. The van der Waals surface area contributed by atoms with E-state index in [0.29, 0.717) is 28.7 Å². The summed E-state index contributed by atoms with van der Waals surface area (Å²) in [5.41, 5.74) is 3.04. The predicted molar refractivity (Wildman–Crippen MR) is 83.3 cm³/mol. The molecule has 2 N–H and O–H groups in total. The molecule has 0 fully saturated rings. The Morgan fingerprint density at radius 2 is 2.10 bits per heavy atom. The number of carbonyl (C=O) groups is 2. The number of nitrogens with zero attached hydrogens (tertiary/aromatic N) is 1. The number of aryl methyl sites for hydroxylation is 1. The summed E-state index contributed by atoms with van der Waals surface area (Å²) in [5, 5.41) is 5.64. The minimum atomic E-state index is -0.213. The van der Waals surface area contributed by atoms with Gasteiger partial charge in [0.1, 0.15) is 4.60 Å². The van der Waals surface area contributed by atoms with Gasteiger partial charge in [-0.1, -0.05) is 0 Å².